The van der Waals surface area contributed by atoms with Gasteiger partial charge in [0.2, 0.25) is 5.91 Å². The molecule has 1 aromatic carbocycles. The van der Waals surface area contributed by atoms with Gasteiger partial charge in [0, 0.05) is 17.6 Å². The third-order valence-electron chi connectivity index (χ3n) is 6.68. The van der Waals surface area contributed by atoms with Crippen LogP contribution in [0.1, 0.15) is 44.8 Å². The summed E-state index contributed by atoms with van der Waals surface area (Å²) in [6, 6.07) is 10.5. The molecular weight excluding hydrogens is 430 g/mol. The lowest BCUT2D eigenvalue weighted by atomic mass is 9.75. The van der Waals surface area contributed by atoms with E-state index in [-0.39, 0.29) is 24.9 Å². The molecule has 2 heterocycles. The molecule has 1 saturated heterocycles. The summed E-state index contributed by atoms with van der Waals surface area (Å²) in [5.41, 5.74) is 0.0490. The van der Waals surface area contributed by atoms with Crippen LogP contribution in [0.25, 0.3) is 11.3 Å². The molecule has 32 heavy (non-hydrogen) atoms. The maximum atomic E-state index is 13.0. The predicted molar refractivity (Wildman–Crippen MR) is 121 cm³/mol. The second-order valence-electron chi connectivity index (χ2n) is 8.78. The smallest absolute Gasteiger partial charge is 0.325 e. The van der Waals surface area contributed by atoms with Gasteiger partial charge in [0.05, 0.1) is 6.54 Å². The minimum Gasteiger partial charge on any atom is -0.459 e. The predicted octanol–water partition coefficient (Wildman–Crippen LogP) is 4.45. The Kier molecular flexibility index (Phi) is 6.29. The van der Waals surface area contributed by atoms with Crippen LogP contribution < -0.4 is 5.32 Å². The van der Waals surface area contributed by atoms with Crippen molar-refractivity contribution in [1.29, 1.82) is 0 Å². The average Bonchev–Trinajstić information content (AvgIpc) is 3.33. The van der Waals surface area contributed by atoms with Crippen molar-refractivity contribution in [2.24, 2.45) is 5.92 Å². The van der Waals surface area contributed by atoms with E-state index >= 15 is 0 Å². The second kappa shape index (κ2) is 8.98. The van der Waals surface area contributed by atoms with E-state index in [1.165, 1.54) is 4.90 Å². The van der Waals surface area contributed by atoms with E-state index in [2.05, 4.69) is 12.2 Å². The van der Waals surface area contributed by atoms with Crippen molar-refractivity contribution in [3.05, 3.63) is 47.2 Å². The van der Waals surface area contributed by atoms with Crippen LogP contribution in [0.2, 0.25) is 5.02 Å². The molecule has 1 spiro atoms. The monoisotopic (exact) mass is 457 g/mol. The Morgan fingerprint density at radius 2 is 1.88 bits per heavy atom. The van der Waals surface area contributed by atoms with E-state index in [0.29, 0.717) is 35.3 Å². The number of urea groups is 1. The van der Waals surface area contributed by atoms with Crippen molar-refractivity contribution in [1.82, 2.24) is 15.1 Å². The molecule has 170 valence electrons. The van der Waals surface area contributed by atoms with Gasteiger partial charge in [0.1, 0.15) is 23.6 Å². The van der Waals surface area contributed by atoms with E-state index in [1.54, 1.807) is 19.2 Å². The molecule has 7 nitrogen and oxygen atoms in total. The van der Waals surface area contributed by atoms with Gasteiger partial charge in [-0.2, -0.15) is 0 Å². The molecule has 0 bridgehead atoms. The standard InChI is InChI=1S/C24H28ClN3O4/c1-3-16-10-12-24(13-11-16)22(30)28(23(31)26-24)15-21(29)27(2)14-19-8-9-20(32-19)17-4-6-18(25)7-5-17/h4-9,16H,3,10-15H2,1-2H3,(H,26,31). The zero-order chi connectivity index (χ0) is 22.9. The Balaban J connectivity index is 1.36. The normalized spacial score (nSPS) is 23.0. The van der Waals surface area contributed by atoms with Gasteiger partial charge in [-0.25, -0.2) is 4.79 Å². The van der Waals surface area contributed by atoms with Crippen molar-refractivity contribution < 1.29 is 18.8 Å². The highest BCUT2D eigenvalue weighted by Crippen LogP contribution is 2.37. The van der Waals surface area contributed by atoms with Crippen LogP contribution in [0.3, 0.4) is 0 Å². The molecule has 4 rings (SSSR count). The van der Waals surface area contributed by atoms with Crippen molar-refractivity contribution in [3.63, 3.8) is 0 Å². The zero-order valence-electron chi connectivity index (χ0n) is 18.4. The minimum absolute atomic E-state index is 0.236. The van der Waals surface area contributed by atoms with E-state index in [4.69, 9.17) is 16.0 Å². The number of carbonyl (C=O) groups is 3. The maximum Gasteiger partial charge on any atom is 0.325 e. The summed E-state index contributed by atoms with van der Waals surface area (Å²) in [4.78, 5) is 40.8. The van der Waals surface area contributed by atoms with E-state index in [0.717, 1.165) is 29.7 Å². The number of amides is 4. The number of hydrogen-bond donors (Lipinski definition) is 1. The number of imide groups is 1. The van der Waals surface area contributed by atoms with Gasteiger partial charge in [-0.15, -0.1) is 0 Å². The topological polar surface area (TPSA) is 82.9 Å². The fourth-order valence-electron chi connectivity index (χ4n) is 4.55. The van der Waals surface area contributed by atoms with Crippen LogP contribution in [0, 0.1) is 5.92 Å². The molecule has 0 unspecified atom stereocenters. The summed E-state index contributed by atoms with van der Waals surface area (Å²) in [5, 5.41) is 3.52. The van der Waals surface area contributed by atoms with E-state index < -0.39 is 11.6 Å². The van der Waals surface area contributed by atoms with Crippen LogP contribution in [0.5, 0.6) is 0 Å². The number of rotatable bonds is 6. The molecule has 1 saturated carbocycles. The third-order valence-corrected chi connectivity index (χ3v) is 6.94. The van der Waals surface area contributed by atoms with Gasteiger partial charge in [-0.1, -0.05) is 24.9 Å². The maximum absolute atomic E-state index is 13.0. The van der Waals surface area contributed by atoms with Crippen molar-refractivity contribution in [2.75, 3.05) is 13.6 Å². The Morgan fingerprint density at radius 3 is 2.53 bits per heavy atom. The zero-order valence-corrected chi connectivity index (χ0v) is 19.2. The Labute approximate surface area is 192 Å². The summed E-state index contributed by atoms with van der Waals surface area (Å²) in [7, 11) is 1.63. The summed E-state index contributed by atoms with van der Waals surface area (Å²) < 4.78 is 5.86. The quantitative estimate of drug-likeness (QED) is 0.649. The summed E-state index contributed by atoms with van der Waals surface area (Å²) >= 11 is 5.93. The van der Waals surface area contributed by atoms with E-state index in [9.17, 15) is 14.4 Å². The van der Waals surface area contributed by atoms with Gasteiger partial charge in [0.15, 0.2) is 0 Å². The Morgan fingerprint density at radius 1 is 1.19 bits per heavy atom. The minimum atomic E-state index is -0.837. The lowest BCUT2D eigenvalue weighted by Gasteiger charge is -2.34. The molecule has 2 fully saturated rings. The lowest BCUT2D eigenvalue weighted by Crippen LogP contribution is -2.50. The van der Waals surface area contributed by atoms with Crippen LogP contribution in [-0.4, -0.2) is 46.8 Å². The first-order valence-electron chi connectivity index (χ1n) is 11.0. The number of hydrogen-bond acceptors (Lipinski definition) is 4. The van der Waals surface area contributed by atoms with Crippen LogP contribution >= 0.6 is 11.6 Å². The fraction of sp³-hybridized carbons (Fsp3) is 0.458. The van der Waals surface area contributed by atoms with Gasteiger partial charge in [-0.05, 0) is 68.0 Å². The number of carbonyl (C=O) groups excluding carboxylic acids is 3. The second-order valence-corrected chi connectivity index (χ2v) is 9.21. The van der Waals surface area contributed by atoms with Crippen molar-refractivity contribution >= 4 is 29.4 Å². The largest absolute Gasteiger partial charge is 0.459 e. The first-order chi connectivity index (χ1) is 15.3. The van der Waals surface area contributed by atoms with Gasteiger partial charge in [-0.3, -0.25) is 14.5 Å². The Bertz CT molecular complexity index is 1010. The molecule has 8 heteroatoms. The molecule has 1 aromatic heterocycles. The summed E-state index contributed by atoms with van der Waals surface area (Å²) in [6.07, 6.45) is 4.18. The fourth-order valence-corrected chi connectivity index (χ4v) is 4.67. The van der Waals surface area contributed by atoms with Crippen molar-refractivity contribution in [3.8, 4) is 11.3 Å². The lowest BCUT2D eigenvalue weighted by molar-refractivity contribution is -0.139. The highest BCUT2D eigenvalue weighted by Gasteiger charge is 2.52. The van der Waals surface area contributed by atoms with Crippen LogP contribution in [0.4, 0.5) is 4.79 Å². The molecule has 1 aliphatic carbocycles. The molecule has 4 amide bonds. The number of likely N-dealkylation sites (N-methyl/N-ethyl adjacent to an activating group) is 1. The molecule has 1 N–H and O–H groups in total. The number of halogens is 1. The van der Waals surface area contributed by atoms with Crippen molar-refractivity contribution in [2.45, 2.75) is 51.1 Å². The van der Waals surface area contributed by atoms with Gasteiger partial charge >= 0.3 is 6.03 Å². The summed E-state index contributed by atoms with van der Waals surface area (Å²) in [6.45, 7) is 2.11. The van der Waals surface area contributed by atoms with Crippen LogP contribution in [-0.2, 0) is 16.1 Å². The first kappa shape index (κ1) is 22.4. The molecule has 2 aromatic rings. The number of furan rings is 1. The summed E-state index contributed by atoms with van der Waals surface area (Å²) in [5.74, 6) is 1.28. The first-order valence-corrected chi connectivity index (χ1v) is 11.4. The highest BCUT2D eigenvalue weighted by molar-refractivity contribution is 6.30. The van der Waals surface area contributed by atoms with Gasteiger partial charge in [0.25, 0.3) is 5.91 Å². The molecule has 1 aliphatic heterocycles. The van der Waals surface area contributed by atoms with Crippen LogP contribution in [0.15, 0.2) is 40.8 Å². The molecule has 2 aliphatic rings. The third kappa shape index (κ3) is 4.39. The molecule has 0 atom stereocenters. The average molecular weight is 458 g/mol. The molecular formula is C24H28ClN3O4. The Hall–Kier alpha value is -2.80. The van der Waals surface area contributed by atoms with E-state index in [1.807, 2.05) is 24.3 Å². The van der Waals surface area contributed by atoms with Gasteiger partial charge < -0.3 is 14.6 Å². The number of nitrogens with zero attached hydrogens (tertiary/aromatic N) is 2. The molecule has 0 radical (unpaired) electrons. The highest BCUT2D eigenvalue weighted by atomic mass is 35.5. The number of benzene rings is 1. The number of nitrogens with one attached hydrogen (secondary N) is 1. The SMILES string of the molecule is CCC1CCC2(CC1)NC(=O)N(CC(=O)N(C)Cc1ccc(-c3ccc(Cl)cc3)o1)C2=O.